The third kappa shape index (κ3) is 2.40. The van der Waals surface area contributed by atoms with Crippen molar-refractivity contribution < 1.29 is 24.9 Å². The molecule has 4 atom stereocenters. The van der Waals surface area contributed by atoms with Gasteiger partial charge in [-0.25, -0.2) is 0 Å². The maximum Gasteiger partial charge on any atom is 0.309 e. The summed E-state index contributed by atoms with van der Waals surface area (Å²) in [5.41, 5.74) is 0. The summed E-state index contributed by atoms with van der Waals surface area (Å²) in [4.78, 5) is 10.7. The lowest BCUT2D eigenvalue weighted by molar-refractivity contribution is -0.150. The van der Waals surface area contributed by atoms with Gasteiger partial charge in [0.1, 0.15) is 12.2 Å². The Balaban J connectivity index is 2.56. The number of esters is 1. The summed E-state index contributed by atoms with van der Waals surface area (Å²) in [6, 6.07) is 0. The molecule has 0 aromatic rings. The summed E-state index contributed by atoms with van der Waals surface area (Å²) in [5, 5.41) is 28.0. The van der Waals surface area contributed by atoms with Crippen LogP contribution < -0.4 is 0 Å². The number of rotatable bonds is 3. The Kier molecular flexibility index (Phi) is 3.66. The number of carbonyl (C=O) groups is 1. The molecule has 13 heavy (non-hydrogen) atoms. The summed E-state index contributed by atoms with van der Waals surface area (Å²) in [6.45, 7) is 0. The van der Waals surface area contributed by atoms with Crippen LogP contribution in [0, 0.1) is 0 Å². The zero-order valence-corrected chi connectivity index (χ0v) is 8.35. The molecule has 1 heterocycles. The van der Waals surface area contributed by atoms with E-state index in [0.717, 1.165) is 0 Å². The number of ether oxygens (including phenoxy) is 1. The maximum atomic E-state index is 10.7. The van der Waals surface area contributed by atoms with E-state index in [9.17, 15) is 20.1 Å². The number of cyclic esters (lactones) is 1. The van der Waals surface area contributed by atoms with Crippen LogP contribution in [0.1, 0.15) is 6.42 Å². The predicted molar refractivity (Wildman–Crippen MR) is 46.3 cm³/mol. The first-order valence-electron chi connectivity index (χ1n) is 3.86. The molecule has 0 radical (unpaired) electrons. The van der Waals surface area contributed by atoms with E-state index in [-0.39, 0.29) is 11.8 Å². The number of aliphatic hydroxyl groups is 3. The Bertz CT molecular complexity index is 197. The molecule has 0 amide bonds. The minimum Gasteiger partial charge on any atom is -0.457 e. The molecule has 0 bridgehead atoms. The van der Waals surface area contributed by atoms with Crippen molar-refractivity contribution in [3.8, 4) is 0 Å². The Morgan fingerprint density at radius 2 is 2.23 bits per heavy atom. The Morgan fingerprint density at radius 3 is 2.62 bits per heavy atom. The second kappa shape index (κ2) is 4.36. The van der Waals surface area contributed by atoms with Gasteiger partial charge in [-0.15, -0.1) is 0 Å². The van der Waals surface area contributed by atoms with Crippen LogP contribution in [0.25, 0.3) is 0 Å². The molecule has 76 valence electrons. The third-order valence-electron chi connectivity index (χ3n) is 1.91. The highest BCUT2D eigenvalue weighted by Gasteiger charge is 2.40. The van der Waals surface area contributed by atoms with Gasteiger partial charge < -0.3 is 20.1 Å². The van der Waals surface area contributed by atoms with Crippen molar-refractivity contribution in [3.63, 3.8) is 0 Å². The van der Waals surface area contributed by atoms with Crippen LogP contribution in [0.4, 0.5) is 0 Å². The van der Waals surface area contributed by atoms with Crippen molar-refractivity contribution in [2.75, 3.05) is 5.33 Å². The van der Waals surface area contributed by atoms with Crippen LogP contribution in [0.3, 0.4) is 0 Å². The van der Waals surface area contributed by atoms with Gasteiger partial charge in [0.15, 0.2) is 6.10 Å². The van der Waals surface area contributed by atoms with Crippen molar-refractivity contribution in [2.24, 2.45) is 0 Å². The van der Waals surface area contributed by atoms with Crippen molar-refractivity contribution in [3.05, 3.63) is 0 Å². The summed E-state index contributed by atoms with van der Waals surface area (Å²) in [6.07, 6.45) is -4.47. The van der Waals surface area contributed by atoms with Crippen LogP contribution in [0.5, 0.6) is 0 Å². The summed E-state index contributed by atoms with van der Waals surface area (Å²) >= 11 is 2.97. The minimum absolute atomic E-state index is 0.128. The zero-order valence-electron chi connectivity index (χ0n) is 6.76. The molecule has 3 N–H and O–H groups in total. The molecule has 1 saturated heterocycles. The average Bonchev–Trinajstić information content (AvgIpc) is 2.42. The fourth-order valence-electron chi connectivity index (χ4n) is 1.17. The smallest absolute Gasteiger partial charge is 0.309 e. The number of halogens is 1. The fraction of sp³-hybridized carbons (Fsp3) is 0.857. The molecule has 1 aliphatic rings. The fourth-order valence-corrected chi connectivity index (χ4v) is 1.56. The first-order chi connectivity index (χ1) is 6.06. The van der Waals surface area contributed by atoms with Gasteiger partial charge in [0.25, 0.3) is 0 Å². The number of carbonyl (C=O) groups excluding carboxylic acids is 1. The molecule has 0 spiro atoms. The third-order valence-corrected chi connectivity index (χ3v) is 2.57. The van der Waals surface area contributed by atoms with Crippen LogP contribution in [0.2, 0.25) is 0 Å². The SMILES string of the molecule is O=C1C[C@H](O)[C@H]([C@H](O)[C@H](O)CBr)O1. The van der Waals surface area contributed by atoms with Gasteiger partial charge in [0.05, 0.1) is 12.5 Å². The maximum absolute atomic E-state index is 10.7. The van der Waals surface area contributed by atoms with Crippen molar-refractivity contribution in [1.82, 2.24) is 0 Å². The highest BCUT2D eigenvalue weighted by molar-refractivity contribution is 9.09. The van der Waals surface area contributed by atoms with E-state index >= 15 is 0 Å². The highest BCUT2D eigenvalue weighted by Crippen LogP contribution is 2.20. The van der Waals surface area contributed by atoms with E-state index < -0.39 is 30.4 Å². The standard InChI is InChI=1S/C7H11BrO5/c8-2-4(10)6(12)7-3(9)1-5(11)13-7/h3-4,6-7,9-10,12H,1-2H2/t3-,4+,6+,7+/m0/s1. The molecular weight excluding hydrogens is 244 g/mol. The van der Waals surface area contributed by atoms with E-state index in [4.69, 9.17) is 0 Å². The van der Waals surface area contributed by atoms with Crippen LogP contribution in [-0.2, 0) is 9.53 Å². The van der Waals surface area contributed by atoms with Crippen LogP contribution in [-0.4, -0.2) is 51.0 Å². The molecule has 1 rings (SSSR count). The van der Waals surface area contributed by atoms with Gasteiger partial charge in [-0.05, 0) is 0 Å². The minimum atomic E-state index is -1.25. The average molecular weight is 255 g/mol. The van der Waals surface area contributed by atoms with E-state index in [1.165, 1.54) is 0 Å². The van der Waals surface area contributed by atoms with Crippen molar-refractivity contribution in [2.45, 2.75) is 30.8 Å². The molecule has 0 saturated carbocycles. The first kappa shape index (κ1) is 10.9. The van der Waals surface area contributed by atoms with Gasteiger partial charge in [-0.2, -0.15) is 0 Å². The summed E-state index contributed by atoms with van der Waals surface area (Å²) < 4.78 is 4.64. The molecule has 1 aliphatic heterocycles. The monoisotopic (exact) mass is 254 g/mol. The molecule has 0 aromatic heterocycles. The second-order valence-electron chi connectivity index (χ2n) is 2.94. The number of alkyl halides is 1. The predicted octanol–water partition coefficient (Wildman–Crippen LogP) is -1.22. The number of hydrogen-bond acceptors (Lipinski definition) is 5. The molecule has 0 aromatic carbocycles. The molecule has 0 aliphatic carbocycles. The Hall–Kier alpha value is -0.170. The van der Waals surface area contributed by atoms with E-state index in [0.29, 0.717) is 0 Å². The first-order valence-corrected chi connectivity index (χ1v) is 4.98. The van der Waals surface area contributed by atoms with Crippen molar-refractivity contribution >= 4 is 21.9 Å². The normalized spacial score (nSPS) is 32.8. The van der Waals surface area contributed by atoms with E-state index in [1.54, 1.807) is 0 Å². The lowest BCUT2D eigenvalue weighted by atomic mass is 10.0. The largest absolute Gasteiger partial charge is 0.457 e. The van der Waals surface area contributed by atoms with Gasteiger partial charge in [0.2, 0.25) is 0 Å². The summed E-state index contributed by atoms with van der Waals surface area (Å²) in [5.74, 6) is -0.557. The van der Waals surface area contributed by atoms with Gasteiger partial charge in [0, 0.05) is 5.33 Å². The lowest BCUT2D eigenvalue weighted by Gasteiger charge is -2.22. The van der Waals surface area contributed by atoms with E-state index in [1.807, 2.05) is 0 Å². The molecule has 5 nitrogen and oxygen atoms in total. The quantitative estimate of drug-likeness (QED) is 0.434. The zero-order chi connectivity index (χ0) is 10.0. The Labute approximate surface area is 83.4 Å². The van der Waals surface area contributed by atoms with Gasteiger partial charge in [-0.1, -0.05) is 15.9 Å². The molecule has 6 heteroatoms. The van der Waals surface area contributed by atoms with Gasteiger partial charge >= 0.3 is 5.97 Å². The van der Waals surface area contributed by atoms with E-state index in [2.05, 4.69) is 20.7 Å². The topological polar surface area (TPSA) is 87.0 Å². The summed E-state index contributed by atoms with van der Waals surface area (Å²) in [7, 11) is 0. The number of hydrogen-bond donors (Lipinski definition) is 3. The lowest BCUT2D eigenvalue weighted by Crippen LogP contribution is -2.43. The van der Waals surface area contributed by atoms with Crippen molar-refractivity contribution in [1.29, 1.82) is 0 Å². The molecule has 1 fully saturated rings. The molecule has 0 unspecified atom stereocenters. The molecular formula is C7H11BrO5. The van der Waals surface area contributed by atoms with Gasteiger partial charge in [-0.3, -0.25) is 4.79 Å². The van der Waals surface area contributed by atoms with Crippen LogP contribution in [0.15, 0.2) is 0 Å². The highest BCUT2D eigenvalue weighted by atomic mass is 79.9. The Morgan fingerprint density at radius 1 is 1.62 bits per heavy atom. The second-order valence-corrected chi connectivity index (χ2v) is 3.59. The number of aliphatic hydroxyl groups excluding tert-OH is 3. The van der Waals surface area contributed by atoms with Crippen LogP contribution >= 0.6 is 15.9 Å².